The minimum Gasteiger partial charge on any atom is -0.326 e. The minimum absolute atomic E-state index is 0.0873. The average molecular weight is 379 g/mol. The summed E-state index contributed by atoms with van der Waals surface area (Å²) in [5.41, 5.74) is 1.34. The Balaban J connectivity index is 1.73. The molecule has 4 nitrogen and oxygen atoms in total. The van der Waals surface area contributed by atoms with Crippen LogP contribution in [-0.2, 0) is 9.59 Å². The molecule has 25 heavy (non-hydrogen) atoms. The second-order valence-corrected chi connectivity index (χ2v) is 6.84. The fourth-order valence-electron chi connectivity index (χ4n) is 2.36. The van der Waals surface area contributed by atoms with Crippen LogP contribution in [0.15, 0.2) is 48.5 Å². The van der Waals surface area contributed by atoms with E-state index in [1.165, 1.54) is 0 Å². The molecule has 0 saturated carbocycles. The lowest BCUT2D eigenvalue weighted by Gasteiger charge is -2.12. The van der Waals surface area contributed by atoms with E-state index < -0.39 is 0 Å². The Kier molecular flexibility index (Phi) is 7.29. The zero-order valence-corrected chi connectivity index (χ0v) is 15.4. The lowest BCUT2D eigenvalue weighted by Crippen LogP contribution is -2.17. The molecule has 0 aromatic heterocycles. The van der Waals surface area contributed by atoms with Gasteiger partial charge in [0.05, 0.1) is 0 Å². The molecule has 1 atom stereocenters. The van der Waals surface area contributed by atoms with Crippen molar-refractivity contribution in [2.75, 3.05) is 10.6 Å². The van der Waals surface area contributed by atoms with Gasteiger partial charge in [-0.1, -0.05) is 42.3 Å². The predicted octanol–water partition coefficient (Wildman–Crippen LogP) is 5.38. The molecule has 0 aliphatic rings. The SMILES string of the molecule is C[C@@H](CCC(=O)Nc1cccc(Cl)c1)CC(=O)Nc1cccc(Cl)c1. The topological polar surface area (TPSA) is 58.2 Å². The molecule has 0 aliphatic heterocycles. The van der Waals surface area contributed by atoms with Crippen molar-refractivity contribution in [2.24, 2.45) is 5.92 Å². The number of hydrogen-bond donors (Lipinski definition) is 2. The molecule has 0 heterocycles. The van der Waals surface area contributed by atoms with Crippen LogP contribution in [0.2, 0.25) is 10.0 Å². The smallest absolute Gasteiger partial charge is 0.224 e. The summed E-state index contributed by atoms with van der Waals surface area (Å²) >= 11 is 11.8. The molecule has 2 N–H and O–H groups in total. The normalized spacial score (nSPS) is 11.6. The molecule has 0 aliphatic carbocycles. The van der Waals surface area contributed by atoms with Crippen LogP contribution >= 0.6 is 23.2 Å². The molecular formula is C19H20Cl2N2O2. The summed E-state index contributed by atoms with van der Waals surface area (Å²) in [6, 6.07) is 14.0. The van der Waals surface area contributed by atoms with E-state index in [0.717, 1.165) is 0 Å². The van der Waals surface area contributed by atoms with Crippen LogP contribution < -0.4 is 10.6 Å². The van der Waals surface area contributed by atoms with E-state index in [1.807, 2.05) is 6.92 Å². The second-order valence-electron chi connectivity index (χ2n) is 5.97. The molecule has 2 aromatic rings. The first-order valence-corrected chi connectivity index (χ1v) is 8.79. The lowest BCUT2D eigenvalue weighted by molar-refractivity contribution is -0.118. The van der Waals surface area contributed by atoms with E-state index in [9.17, 15) is 9.59 Å². The molecule has 2 aromatic carbocycles. The molecular weight excluding hydrogens is 359 g/mol. The van der Waals surface area contributed by atoms with Crippen molar-refractivity contribution >= 4 is 46.4 Å². The summed E-state index contributed by atoms with van der Waals surface area (Å²) in [5.74, 6) is -0.0984. The van der Waals surface area contributed by atoms with Crippen molar-refractivity contribution in [3.05, 3.63) is 58.6 Å². The Morgan fingerprint density at radius 1 is 0.920 bits per heavy atom. The molecule has 0 unspecified atom stereocenters. The first-order chi connectivity index (χ1) is 11.9. The first-order valence-electron chi connectivity index (χ1n) is 8.03. The largest absolute Gasteiger partial charge is 0.326 e. The van der Waals surface area contributed by atoms with Gasteiger partial charge in [-0.2, -0.15) is 0 Å². The highest BCUT2D eigenvalue weighted by Gasteiger charge is 2.12. The molecule has 132 valence electrons. The third-order valence-electron chi connectivity index (χ3n) is 3.61. The van der Waals surface area contributed by atoms with Gasteiger partial charge < -0.3 is 10.6 Å². The van der Waals surface area contributed by atoms with Gasteiger partial charge in [-0.15, -0.1) is 0 Å². The quantitative estimate of drug-likeness (QED) is 0.679. The maximum atomic E-state index is 12.0. The summed E-state index contributed by atoms with van der Waals surface area (Å²) in [4.78, 5) is 24.0. The maximum absolute atomic E-state index is 12.0. The van der Waals surface area contributed by atoms with Gasteiger partial charge in [0, 0.05) is 34.3 Å². The summed E-state index contributed by atoms with van der Waals surface area (Å²) in [7, 11) is 0. The van der Waals surface area contributed by atoms with Crippen molar-refractivity contribution in [3.63, 3.8) is 0 Å². The van der Waals surface area contributed by atoms with Gasteiger partial charge in [-0.25, -0.2) is 0 Å². The van der Waals surface area contributed by atoms with Gasteiger partial charge >= 0.3 is 0 Å². The molecule has 0 spiro atoms. The monoisotopic (exact) mass is 378 g/mol. The Hall–Kier alpha value is -2.04. The van der Waals surface area contributed by atoms with E-state index in [0.29, 0.717) is 40.7 Å². The Morgan fingerprint density at radius 3 is 1.96 bits per heavy atom. The average Bonchev–Trinajstić information content (AvgIpc) is 2.53. The van der Waals surface area contributed by atoms with Crippen molar-refractivity contribution in [3.8, 4) is 0 Å². The third kappa shape index (κ3) is 7.16. The summed E-state index contributed by atoms with van der Waals surface area (Å²) in [6.07, 6.45) is 1.31. The number of rotatable bonds is 7. The van der Waals surface area contributed by atoms with E-state index in [-0.39, 0.29) is 17.7 Å². The second kappa shape index (κ2) is 9.44. The molecule has 6 heteroatoms. The Bertz CT molecular complexity index is 750. The van der Waals surface area contributed by atoms with Crippen LogP contribution in [0.25, 0.3) is 0 Å². The van der Waals surface area contributed by atoms with Crippen molar-refractivity contribution < 1.29 is 9.59 Å². The van der Waals surface area contributed by atoms with E-state index in [4.69, 9.17) is 23.2 Å². The molecule has 0 fully saturated rings. The number of carbonyl (C=O) groups excluding carboxylic acids is 2. The summed E-state index contributed by atoms with van der Waals surface area (Å²) < 4.78 is 0. The zero-order valence-electron chi connectivity index (χ0n) is 13.9. The maximum Gasteiger partial charge on any atom is 0.224 e. The highest BCUT2D eigenvalue weighted by Crippen LogP contribution is 2.18. The van der Waals surface area contributed by atoms with Crippen LogP contribution in [0.3, 0.4) is 0 Å². The first kappa shape index (κ1) is 19.3. The van der Waals surface area contributed by atoms with Crippen LogP contribution in [0.5, 0.6) is 0 Å². The van der Waals surface area contributed by atoms with Gasteiger partial charge in [0.1, 0.15) is 0 Å². The minimum atomic E-state index is -0.0932. The fraction of sp³-hybridized carbons (Fsp3) is 0.263. The predicted molar refractivity (Wildman–Crippen MR) is 103 cm³/mol. The lowest BCUT2D eigenvalue weighted by atomic mass is 10.0. The number of nitrogens with one attached hydrogen (secondary N) is 2. The number of anilines is 2. The Labute approximate surface area is 157 Å². The number of hydrogen-bond acceptors (Lipinski definition) is 2. The van der Waals surface area contributed by atoms with Gasteiger partial charge in [0.2, 0.25) is 11.8 Å². The molecule has 0 saturated heterocycles. The van der Waals surface area contributed by atoms with E-state index in [1.54, 1.807) is 48.5 Å². The van der Waals surface area contributed by atoms with Crippen molar-refractivity contribution in [1.29, 1.82) is 0 Å². The fourth-order valence-corrected chi connectivity index (χ4v) is 2.74. The number of halogens is 2. The van der Waals surface area contributed by atoms with Gasteiger partial charge in [-0.3, -0.25) is 9.59 Å². The van der Waals surface area contributed by atoms with Crippen LogP contribution in [0.1, 0.15) is 26.2 Å². The zero-order chi connectivity index (χ0) is 18.2. The van der Waals surface area contributed by atoms with Crippen LogP contribution in [-0.4, -0.2) is 11.8 Å². The standard InChI is InChI=1S/C19H20Cl2N2O2/c1-13(10-19(25)23-17-7-3-5-15(21)12-17)8-9-18(24)22-16-6-2-4-14(20)11-16/h2-7,11-13H,8-10H2,1H3,(H,22,24)(H,23,25)/t13-/m0/s1. The van der Waals surface area contributed by atoms with E-state index in [2.05, 4.69) is 10.6 Å². The van der Waals surface area contributed by atoms with Crippen LogP contribution in [0, 0.1) is 5.92 Å². The summed E-state index contributed by atoms with van der Waals surface area (Å²) in [5, 5.41) is 6.75. The molecule has 0 bridgehead atoms. The third-order valence-corrected chi connectivity index (χ3v) is 4.08. The number of amides is 2. The van der Waals surface area contributed by atoms with Crippen LogP contribution in [0.4, 0.5) is 11.4 Å². The molecule has 0 radical (unpaired) electrons. The van der Waals surface area contributed by atoms with Gasteiger partial charge in [0.15, 0.2) is 0 Å². The number of benzene rings is 2. The Morgan fingerprint density at radius 2 is 1.44 bits per heavy atom. The number of carbonyl (C=O) groups is 2. The van der Waals surface area contributed by atoms with Crippen molar-refractivity contribution in [1.82, 2.24) is 0 Å². The highest BCUT2D eigenvalue weighted by molar-refractivity contribution is 6.31. The highest BCUT2D eigenvalue weighted by atomic mass is 35.5. The summed E-state index contributed by atoms with van der Waals surface area (Å²) in [6.45, 7) is 1.95. The molecule has 2 amide bonds. The van der Waals surface area contributed by atoms with Gasteiger partial charge in [0.25, 0.3) is 0 Å². The van der Waals surface area contributed by atoms with Gasteiger partial charge in [-0.05, 0) is 48.7 Å². The molecule has 2 rings (SSSR count). The van der Waals surface area contributed by atoms with Crippen molar-refractivity contribution in [2.45, 2.75) is 26.2 Å². The van der Waals surface area contributed by atoms with E-state index >= 15 is 0 Å².